The minimum absolute atomic E-state index is 0.0155. The van der Waals surface area contributed by atoms with Crippen LogP contribution in [0.15, 0.2) is 60.7 Å². The molecule has 3 aromatic rings. The maximum absolute atomic E-state index is 12.6. The molecule has 0 atom stereocenters. The van der Waals surface area contributed by atoms with Gasteiger partial charge in [-0.1, -0.05) is 30.3 Å². The van der Waals surface area contributed by atoms with Crippen LogP contribution >= 0.6 is 11.3 Å². The van der Waals surface area contributed by atoms with Crippen molar-refractivity contribution < 1.29 is 4.79 Å². The Morgan fingerprint density at radius 1 is 1.07 bits per heavy atom. The Morgan fingerprint density at radius 2 is 1.86 bits per heavy atom. The third kappa shape index (κ3) is 3.90. The number of nitrogens with one attached hydrogen (secondary N) is 1. The topological polar surface area (TPSA) is 35.6 Å². The molecule has 0 unspecified atom stereocenters. The van der Waals surface area contributed by atoms with Crippen molar-refractivity contribution in [1.82, 2.24) is 5.32 Å². The first-order chi connectivity index (χ1) is 13.6. The summed E-state index contributed by atoms with van der Waals surface area (Å²) in [7, 11) is 4.04. The minimum atomic E-state index is -0.0155. The number of aryl methyl sites for hydroxylation is 1. The van der Waals surface area contributed by atoms with Gasteiger partial charge in [-0.05, 0) is 54.3 Å². The highest BCUT2D eigenvalue weighted by molar-refractivity contribution is 7.18. The Labute approximate surface area is 170 Å². The zero-order valence-corrected chi connectivity index (χ0v) is 17.1. The second kappa shape index (κ2) is 8.07. The van der Waals surface area contributed by atoms with Gasteiger partial charge in [-0.2, -0.15) is 0 Å². The lowest BCUT2D eigenvalue weighted by Gasteiger charge is -2.30. The Hall–Kier alpha value is -2.79. The first-order valence-corrected chi connectivity index (χ1v) is 10.4. The minimum Gasteiger partial charge on any atom is -0.378 e. The molecular formula is C23H25N3OS. The van der Waals surface area contributed by atoms with Crippen LogP contribution in [0.3, 0.4) is 0 Å². The van der Waals surface area contributed by atoms with E-state index in [4.69, 9.17) is 0 Å². The summed E-state index contributed by atoms with van der Waals surface area (Å²) in [4.78, 5) is 17.8. The number of amides is 1. The van der Waals surface area contributed by atoms with E-state index in [1.165, 1.54) is 11.3 Å². The van der Waals surface area contributed by atoms with Gasteiger partial charge >= 0.3 is 0 Å². The number of carbonyl (C=O) groups excluding carboxylic acids is 1. The number of fused-ring (bicyclic) bond motifs is 1. The van der Waals surface area contributed by atoms with Crippen molar-refractivity contribution in [1.29, 1.82) is 0 Å². The van der Waals surface area contributed by atoms with Crippen molar-refractivity contribution in [3.8, 4) is 0 Å². The van der Waals surface area contributed by atoms with Crippen molar-refractivity contribution >= 4 is 33.6 Å². The number of carbonyl (C=O) groups is 1. The van der Waals surface area contributed by atoms with Gasteiger partial charge in [0.15, 0.2) is 0 Å². The van der Waals surface area contributed by atoms with Crippen LogP contribution < -0.4 is 15.1 Å². The van der Waals surface area contributed by atoms with Crippen LogP contribution in [-0.2, 0) is 13.0 Å². The molecule has 0 radical (unpaired) electrons. The lowest BCUT2D eigenvalue weighted by Crippen LogP contribution is -2.23. The highest BCUT2D eigenvalue weighted by Gasteiger charge is 2.20. The van der Waals surface area contributed by atoms with E-state index in [0.717, 1.165) is 40.5 Å². The van der Waals surface area contributed by atoms with Gasteiger partial charge in [0, 0.05) is 38.6 Å². The zero-order chi connectivity index (χ0) is 19.5. The molecule has 0 aliphatic carbocycles. The number of thiophene rings is 1. The third-order valence-electron chi connectivity index (χ3n) is 5.10. The van der Waals surface area contributed by atoms with Gasteiger partial charge in [-0.15, -0.1) is 11.3 Å². The molecule has 1 aromatic heterocycles. The standard InChI is InChI=1S/C23H25N3OS/c1-25(2)19-11-9-17(10-12-19)16-24-23(27)21-13-14-22(28-21)26-15-5-7-18-6-3-4-8-20(18)26/h3-4,6,8-14H,5,7,15-16H2,1-2H3,(H,24,27). The molecule has 1 aliphatic rings. The van der Waals surface area contributed by atoms with Crippen LogP contribution in [-0.4, -0.2) is 26.5 Å². The molecular weight excluding hydrogens is 366 g/mol. The van der Waals surface area contributed by atoms with E-state index in [1.54, 1.807) is 11.3 Å². The molecule has 0 bridgehead atoms. The van der Waals surface area contributed by atoms with E-state index in [1.807, 2.05) is 20.2 Å². The van der Waals surface area contributed by atoms with Crippen molar-refractivity contribution in [2.75, 3.05) is 30.4 Å². The lowest BCUT2D eigenvalue weighted by atomic mass is 10.0. The summed E-state index contributed by atoms with van der Waals surface area (Å²) in [6, 6.07) is 20.8. The maximum atomic E-state index is 12.6. The van der Waals surface area contributed by atoms with Crippen molar-refractivity contribution in [2.45, 2.75) is 19.4 Å². The van der Waals surface area contributed by atoms with Gasteiger partial charge in [-0.25, -0.2) is 0 Å². The van der Waals surface area contributed by atoms with Crippen LogP contribution in [0.2, 0.25) is 0 Å². The molecule has 4 nitrogen and oxygen atoms in total. The van der Waals surface area contributed by atoms with Gasteiger partial charge in [0.1, 0.15) is 0 Å². The van der Waals surface area contributed by atoms with Gasteiger partial charge in [-0.3, -0.25) is 4.79 Å². The molecule has 0 saturated heterocycles. The van der Waals surface area contributed by atoms with Crippen LogP contribution in [0.4, 0.5) is 16.4 Å². The molecule has 144 valence electrons. The number of para-hydroxylation sites is 1. The number of hydrogen-bond donors (Lipinski definition) is 1. The lowest BCUT2D eigenvalue weighted by molar-refractivity contribution is 0.0955. The number of hydrogen-bond acceptors (Lipinski definition) is 4. The van der Waals surface area contributed by atoms with E-state index in [2.05, 4.69) is 69.7 Å². The highest BCUT2D eigenvalue weighted by Crippen LogP contribution is 2.37. The number of rotatable bonds is 5. The molecule has 1 N–H and O–H groups in total. The molecule has 5 heteroatoms. The molecule has 0 fully saturated rings. The molecule has 28 heavy (non-hydrogen) atoms. The molecule has 0 spiro atoms. The van der Waals surface area contributed by atoms with Gasteiger partial charge in [0.2, 0.25) is 0 Å². The van der Waals surface area contributed by atoms with Crippen LogP contribution in [0.5, 0.6) is 0 Å². The predicted octanol–water partition coefficient (Wildman–Crippen LogP) is 4.83. The van der Waals surface area contributed by atoms with Gasteiger partial charge in [0.25, 0.3) is 5.91 Å². The Morgan fingerprint density at radius 3 is 2.64 bits per heavy atom. The third-order valence-corrected chi connectivity index (χ3v) is 6.20. The fourth-order valence-corrected chi connectivity index (χ4v) is 4.50. The fraction of sp³-hybridized carbons (Fsp3) is 0.261. The van der Waals surface area contributed by atoms with Gasteiger partial charge in [0.05, 0.1) is 9.88 Å². The monoisotopic (exact) mass is 391 g/mol. The first kappa shape index (κ1) is 18.6. The summed E-state index contributed by atoms with van der Waals surface area (Å²) < 4.78 is 0. The average Bonchev–Trinajstić information content (AvgIpc) is 3.22. The number of benzene rings is 2. The largest absolute Gasteiger partial charge is 0.378 e. The molecule has 2 heterocycles. The van der Waals surface area contributed by atoms with E-state index in [0.29, 0.717) is 6.54 Å². The smallest absolute Gasteiger partial charge is 0.261 e. The molecule has 1 amide bonds. The van der Waals surface area contributed by atoms with E-state index >= 15 is 0 Å². The van der Waals surface area contributed by atoms with E-state index in [-0.39, 0.29) is 5.91 Å². The quantitative estimate of drug-likeness (QED) is 0.677. The summed E-state index contributed by atoms with van der Waals surface area (Å²) in [5.74, 6) is -0.0155. The maximum Gasteiger partial charge on any atom is 0.261 e. The predicted molar refractivity (Wildman–Crippen MR) is 118 cm³/mol. The summed E-state index contributed by atoms with van der Waals surface area (Å²) in [5.41, 5.74) is 4.90. The molecule has 2 aromatic carbocycles. The van der Waals surface area contributed by atoms with Crippen molar-refractivity contribution in [2.24, 2.45) is 0 Å². The molecule has 0 saturated carbocycles. The van der Waals surface area contributed by atoms with E-state index < -0.39 is 0 Å². The van der Waals surface area contributed by atoms with Crippen LogP contribution in [0.25, 0.3) is 0 Å². The summed E-state index contributed by atoms with van der Waals surface area (Å²) in [6.45, 7) is 1.53. The number of anilines is 3. The fourth-order valence-electron chi connectivity index (χ4n) is 3.54. The Kier molecular flexibility index (Phi) is 5.35. The second-order valence-corrected chi connectivity index (χ2v) is 8.33. The molecule has 4 rings (SSSR count). The van der Waals surface area contributed by atoms with Crippen molar-refractivity contribution in [3.63, 3.8) is 0 Å². The van der Waals surface area contributed by atoms with Crippen LogP contribution in [0, 0.1) is 0 Å². The zero-order valence-electron chi connectivity index (χ0n) is 16.3. The highest BCUT2D eigenvalue weighted by atomic mass is 32.1. The van der Waals surface area contributed by atoms with E-state index in [9.17, 15) is 4.79 Å². The summed E-state index contributed by atoms with van der Waals surface area (Å²) in [5, 5.41) is 4.17. The molecule has 1 aliphatic heterocycles. The van der Waals surface area contributed by atoms with Crippen molar-refractivity contribution in [3.05, 3.63) is 76.7 Å². The Bertz CT molecular complexity index is 962. The normalized spacial score (nSPS) is 13.1. The van der Waals surface area contributed by atoms with Gasteiger partial charge < -0.3 is 15.1 Å². The first-order valence-electron chi connectivity index (χ1n) is 9.61. The summed E-state index contributed by atoms with van der Waals surface area (Å²) >= 11 is 1.56. The average molecular weight is 392 g/mol. The number of nitrogens with zero attached hydrogens (tertiary/aromatic N) is 2. The Balaban J connectivity index is 1.42. The SMILES string of the molecule is CN(C)c1ccc(CNC(=O)c2ccc(N3CCCc4ccccc43)s2)cc1. The summed E-state index contributed by atoms with van der Waals surface area (Å²) in [6.07, 6.45) is 2.26. The second-order valence-electron chi connectivity index (χ2n) is 7.27. The van der Waals surface area contributed by atoms with Crippen LogP contribution in [0.1, 0.15) is 27.2 Å².